The van der Waals surface area contributed by atoms with Crippen LogP contribution in [0.4, 0.5) is 0 Å². The Balaban J connectivity index is 1.92. The fourth-order valence-corrected chi connectivity index (χ4v) is 2.93. The molecule has 0 amide bonds. The Morgan fingerprint density at radius 3 is 2.31 bits per heavy atom. The number of hydrogen-bond donors (Lipinski definition) is 1. The molecule has 3 rings (SSSR count). The van der Waals surface area contributed by atoms with Gasteiger partial charge in [-0.3, -0.25) is 0 Å². The van der Waals surface area contributed by atoms with E-state index in [0.29, 0.717) is 22.6 Å². The number of para-hydroxylation sites is 1. The molecule has 1 atom stereocenters. The van der Waals surface area contributed by atoms with Crippen molar-refractivity contribution in [1.29, 1.82) is 0 Å². The molecule has 0 aliphatic carbocycles. The second kappa shape index (κ2) is 9.57. The highest BCUT2D eigenvalue weighted by Crippen LogP contribution is 2.32. The standard InChI is InChI=1S/C24H22O5/c1-27-16-21(24(26)28-2)20-13-6-7-14-22(20)29-19-12-8-11-18(15-19)23(25)17-9-4-3-5-10-17/h3-16,23,25H,1-2H3. The number of aliphatic hydroxyl groups is 1. The van der Waals surface area contributed by atoms with Gasteiger partial charge in [0.25, 0.3) is 0 Å². The van der Waals surface area contributed by atoms with Gasteiger partial charge in [0.1, 0.15) is 23.2 Å². The molecule has 29 heavy (non-hydrogen) atoms. The molecule has 1 N–H and O–H groups in total. The van der Waals surface area contributed by atoms with Crippen molar-refractivity contribution in [3.05, 3.63) is 102 Å². The highest BCUT2D eigenvalue weighted by atomic mass is 16.5. The Bertz CT molecular complexity index is 995. The smallest absolute Gasteiger partial charge is 0.341 e. The Morgan fingerprint density at radius 1 is 0.897 bits per heavy atom. The fourth-order valence-electron chi connectivity index (χ4n) is 2.93. The second-order valence-corrected chi connectivity index (χ2v) is 6.24. The summed E-state index contributed by atoms with van der Waals surface area (Å²) in [4.78, 5) is 12.1. The molecule has 1 unspecified atom stereocenters. The number of rotatable bonds is 7. The zero-order valence-electron chi connectivity index (χ0n) is 16.2. The van der Waals surface area contributed by atoms with E-state index in [9.17, 15) is 9.90 Å². The molecule has 0 aliphatic rings. The number of carbonyl (C=O) groups excluding carboxylic acids is 1. The van der Waals surface area contributed by atoms with Crippen molar-refractivity contribution in [2.75, 3.05) is 14.2 Å². The molecule has 0 aliphatic heterocycles. The molecule has 3 aromatic carbocycles. The lowest BCUT2D eigenvalue weighted by molar-refractivity contribution is -0.133. The summed E-state index contributed by atoms with van der Waals surface area (Å²) < 4.78 is 15.9. The first-order valence-electron chi connectivity index (χ1n) is 9.05. The number of benzene rings is 3. The minimum absolute atomic E-state index is 0.242. The van der Waals surface area contributed by atoms with Crippen LogP contribution in [0.15, 0.2) is 85.1 Å². The molecule has 0 spiro atoms. The van der Waals surface area contributed by atoms with Crippen LogP contribution in [-0.2, 0) is 14.3 Å². The Hall–Kier alpha value is -3.57. The first-order chi connectivity index (χ1) is 14.1. The molecule has 0 bridgehead atoms. The average molecular weight is 390 g/mol. The maximum Gasteiger partial charge on any atom is 0.341 e. The van der Waals surface area contributed by atoms with Gasteiger partial charge in [0.2, 0.25) is 0 Å². The predicted molar refractivity (Wildman–Crippen MR) is 110 cm³/mol. The summed E-state index contributed by atoms with van der Waals surface area (Å²) in [6, 6.07) is 23.7. The molecular weight excluding hydrogens is 368 g/mol. The summed E-state index contributed by atoms with van der Waals surface area (Å²) in [5, 5.41) is 10.7. The Labute approximate surface area is 169 Å². The van der Waals surface area contributed by atoms with E-state index in [-0.39, 0.29) is 5.57 Å². The Morgan fingerprint density at radius 2 is 1.59 bits per heavy atom. The maximum atomic E-state index is 12.1. The van der Waals surface area contributed by atoms with Gasteiger partial charge in [-0.05, 0) is 29.3 Å². The van der Waals surface area contributed by atoms with E-state index >= 15 is 0 Å². The highest BCUT2D eigenvalue weighted by Gasteiger charge is 2.18. The maximum absolute atomic E-state index is 12.1. The minimum atomic E-state index is -0.769. The molecule has 0 saturated heterocycles. The van der Waals surface area contributed by atoms with E-state index in [1.165, 1.54) is 20.5 Å². The van der Waals surface area contributed by atoms with Gasteiger partial charge >= 0.3 is 5.97 Å². The molecule has 3 aromatic rings. The van der Waals surface area contributed by atoms with Crippen LogP contribution >= 0.6 is 0 Å². The molecule has 0 saturated carbocycles. The molecule has 148 valence electrons. The summed E-state index contributed by atoms with van der Waals surface area (Å²) in [7, 11) is 2.77. The Kier molecular flexibility index (Phi) is 6.66. The van der Waals surface area contributed by atoms with E-state index < -0.39 is 12.1 Å². The minimum Gasteiger partial charge on any atom is -0.503 e. The lowest BCUT2D eigenvalue weighted by Crippen LogP contribution is -2.06. The van der Waals surface area contributed by atoms with E-state index in [2.05, 4.69) is 0 Å². The summed E-state index contributed by atoms with van der Waals surface area (Å²) >= 11 is 0. The second-order valence-electron chi connectivity index (χ2n) is 6.24. The number of ether oxygens (including phenoxy) is 3. The van der Waals surface area contributed by atoms with Crippen LogP contribution in [0, 0.1) is 0 Å². The van der Waals surface area contributed by atoms with Gasteiger partial charge in [-0.1, -0.05) is 60.7 Å². The number of methoxy groups -OCH3 is 2. The first-order valence-corrected chi connectivity index (χ1v) is 9.05. The van der Waals surface area contributed by atoms with Crippen LogP contribution in [-0.4, -0.2) is 25.3 Å². The van der Waals surface area contributed by atoms with E-state index in [1.54, 1.807) is 30.3 Å². The van der Waals surface area contributed by atoms with Crippen molar-refractivity contribution in [1.82, 2.24) is 0 Å². The van der Waals surface area contributed by atoms with Crippen molar-refractivity contribution in [2.24, 2.45) is 0 Å². The van der Waals surface area contributed by atoms with Gasteiger partial charge in [0, 0.05) is 5.56 Å². The summed E-state index contributed by atoms with van der Waals surface area (Å²) in [5.74, 6) is 0.468. The van der Waals surface area contributed by atoms with Crippen molar-refractivity contribution in [2.45, 2.75) is 6.10 Å². The van der Waals surface area contributed by atoms with E-state index in [1.807, 2.05) is 48.5 Å². The fraction of sp³-hybridized carbons (Fsp3) is 0.125. The van der Waals surface area contributed by atoms with Gasteiger partial charge in [-0.25, -0.2) is 4.79 Å². The van der Waals surface area contributed by atoms with Crippen LogP contribution in [0.25, 0.3) is 5.57 Å². The summed E-state index contributed by atoms with van der Waals surface area (Å²) in [6.07, 6.45) is 0.554. The van der Waals surface area contributed by atoms with E-state index in [4.69, 9.17) is 14.2 Å². The van der Waals surface area contributed by atoms with Crippen LogP contribution in [0.3, 0.4) is 0 Å². The van der Waals surface area contributed by atoms with E-state index in [0.717, 1.165) is 5.56 Å². The van der Waals surface area contributed by atoms with Crippen LogP contribution < -0.4 is 4.74 Å². The average Bonchev–Trinajstić information content (AvgIpc) is 2.78. The van der Waals surface area contributed by atoms with Gasteiger partial charge in [-0.2, -0.15) is 0 Å². The zero-order chi connectivity index (χ0) is 20.6. The number of hydrogen-bond acceptors (Lipinski definition) is 5. The quantitative estimate of drug-likeness (QED) is 0.359. The third kappa shape index (κ3) is 4.83. The third-order valence-electron chi connectivity index (χ3n) is 4.34. The lowest BCUT2D eigenvalue weighted by atomic mass is 10.0. The zero-order valence-corrected chi connectivity index (χ0v) is 16.2. The van der Waals surface area contributed by atoms with Crippen molar-refractivity contribution in [3.8, 4) is 11.5 Å². The number of aliphatic hydroxyl groups excluding tert-OH is 1. The van der Waals surface area contributed by atoms with Crippen LogP contribution in [0.2, 0.25) is 0 Å². The summed E-state index contributed by atoms with van der Waals surface area (Å²) in [6.45, 7) is 0. The molecule has 0 radical (unpaired) electrons. The van der Waals surface area contributed by atoms with Gasteiger partial charge in [-0.15, -0.1) is 0 Å². The molecule has 5 nitrogen and oxygen atoms in total. The topological polar surface area (TPSA) is 65.0 Å². The number of esters is 1. The lowest BCUT2D eigenvalue weighted by Gasteiger charge is -2.15. The van der Waals surface area contributed by atoms with Gasteiger partial charge < -0.3 is 19.3 Å². The molecular formula is C24H22O5. The van der Waals surface area contributed by atoms with Gasteiger partial charge in [0.15, 0.2) is 0 Å². The monoisotopic (exact) mass is 390 g/mol. The SMILES string of the molecule is COC=C(C(=O)OC)c1ccccc1Oc1cccc(C(O)c2ccccc2)c1. The highest BCUT2D eigenvalue weighted by molar-refractivity contribution is 6.17. The molecule has 0 heterocycles. The van der Waals surface area contributed by atoms with Crippen LogP contribution in [0.1, 0.15) is 22.8 Å². The largest absolute Gasteiger partial charge is 0.503 e. The van der Waals surface area contributed by atoms with Crippen LogP contribution in [0.5, 0.6) is 11.5 Å². The molecule has 0 aromatic heterocycles. The third-order valence-corrected chi connectivity index (χ3v) is 4.34. The molecule has 0 fully saturated rings. The van der Waals surface area contributed by atoms with Crippen molar-refractivity contribution in [3.63, 3.8) is 0 Å². The van der Waals surface area contributed by atoms with Gasteiger partial charge in [0.05, 0.1) is 20.5 Å². The summed E-state index contributed by atoms with van der Waals surface area (Å²) in [5.41, 5.74) is 2.27. The molecule has 5 heteroatoms. The normalized spacial score (nSPS) is 12.2. The number of carbonyl (C=O) groups is 1. The predicted octanol–water partition coefficient (Wildman–Crippen LogP) is 4.72. The van der Waals surface area contributed by atoms with Crippen molar-refractivity contribution < 1.29 is 24.1 Å². The van der Waals surface area contributed by atoms with Crippen molar-refractivity contribution >= 4 is 11.5 Å². The first kappa shape index (κ1) is 20.2.